The van der Waals surface area contributed by atoms with Crippen molar-refractivity contribution in [3.05, 3.63) is 64.4 Å². The van der Waals surface area contributed by atoms with Gasteiger partial charge in [0.15, 0.2) is 5.69 Å². The van der Waals surface area contributed by atoms with Crippen molar-refractivity contribution in [1.29, 1.82) is 0 Å². The molecule has 0 saturated heterocycles. The molecule has 2 N–H and O–H groups in total. The number of nitrogens with zero attached hydrogens (tertiary/aromatic N) is 2. The van der Waals surface area contributed by atoms with Gasteiger partial charge in [-0.15, -0.1) is 0 Å². The number of rotatable bonds is 1. The molecule has 5 nitrogen and oxygen atoms in total. The molecule has 3 heterocycles. The minimum atomic E-state index is -0.0421. The summed E-state index contributed by atoms with van der Waals surface area (Å²) in [5, 5.41) is 9.85. The van der Waals surface area contributed by atoms with Crippen molar-refractivity contribution in [3.63, 3.8) is 0 Å². The molecule has 0 fully saturated rings. The van der Waals surface area contributed by atoms with E-state index in [0.717, 1.165) is 33.8 Å². The highest BCUT2D eigenvalue weighted by Crippen LogP contribution is 2.32. The van der Waals surface area contributed by atoms with Crippen LogP contribution >= 0.6 is 11.6 Å². The van der Waals surface area contributed by atoms with Gasteiger partial charge in [0.2, 0.25) is 0 Å². The van der Waals surface area contributed by atoms with Gasteiger partial charge in [0.25, 0.3) is 5.91 Å². The van der Waals surface area contributed by atoms with E-state index in [1.54, 1.807) is 0 Å². The van der Waals surface area contributed by atoms with E-state index in [4.69, 9.17) is 11.6 Å². The number of hydrogen-bond donors (Lipinski definition) is 2. The van der Waals surface area contributed by atoms with Crippen LogP contribution in [0, 0.1) is 0 Å². The Morgan fingerprint density at radius 1 is 1.12 bits per heavy atom. The van der Waals surface area contributed by atoms with E-state index in [1.165, 1.54) is 5.69 Å². The Balaban J connectivity index is 1.54. The number of aromatic nitrogens is 3. The summed E-state index contributed by atoms with van der Waals surface area (Å²) in [6.07, 6.45) is 0.786. The Labute approximate surface area is 148 Å². The Kier molecular flexibility index (Phi) is 3.12. The van der Waals surface area contributed by atoms with Crippen molar-refractivity contribution < 1.29 is 4.79 Å². The maximum atomic E-state index is 13.0. The van der Waals surface area contributed by atoms with E-state index >= 15 is 0 Å². The first-order valence-electron chi connectivity index (χ1n) is 8.22. The number of benzene rings is 2. The summed E-state index contributed by atoms with van der Waals surface area (Å²) in [4.78, 5) is 18.3. The van der Waals surface area contributed by atoms with E-state index in [1.807, 2.05) is 41.3 Å². The number of carbonyl (C=O) groups is 1. The molecular formula is C19H15ClN4O. The molecule has 124 valence electrons. The maximum Gasteiger partial charge on any atom is 0.275 e. The van der Waals surface area contributed by atoms with Gasteiger partial charge in [-0.05, 0) is 12.1 Å². The lowest BCUT2D eigenvalue weighted by atomic mass is 10.0. The predicted molar refractivity (Wildman–Crippen MR) is 97.8 cm³/mol. The first-order valence-corrected chi connectivity index (χ1v) is 8.60. The molecule has 25 heavy (non-hydrogen) atoms. The zero-order valence-corrected chi connectivity index (χ0v) is 14.1. The number of amides is 1. The third kappa shape index (κ3) is 2.16. The second-order valence-corrected chi connectivity index (χ2v) is 6.75. The Morgan fingerprint density at radius 3 is 2.88 bits per heavy atom. The molecule has 6 heteroatoms. The van der Waals surface area contributed by atoms with Gasteiger partial charge in [0, 0.05) is 41.5 Å². The number of fused-ring (bicyclic) bond motifs is 4. The number of hydrogen-bond acceptors (Lipinski definition) is 2. The smallest absolute Gasteiger partial charge is 0.275 e. The lowest BCUT2D eigenvalue weighted by Crippen LogP contribution is -2.36. The summed E-state index contributed by atoms with van der Waals surface area (Å²) in [5.74, 6) is -0.0421. The van der Waals surface area contributed by atoms with Crippen molar-refractivity contribution in [3.8, 4) is 0 Å². The number of carbonyl (C=O) groups excluding carboxylic acids is 1. The van der Waals surface area contributed by atoms with Crippen LogP contribution in [0.1, 0.15) is 21.7 Å². The van der Waals surface area contributed by atoms with E-state index < -0.39 is 0 Å². The Morgan fingerprint density at radius 2 is 1.96 bits per heavy atom. The predicted octanol–water partition coefficient (Wildman–Crippen LogP) is 3.90. The number of para-hydroxylation sites is 2. The molecule has 0 unspecified atom stereocenters. The second-order valence-electron chi connectivity index (χ2n) is 6.34. The summed E-state index contributed by atoms with van der Waals surface area (Å²) in [5.41, 5.74) is 4.63. The average molecular weight is 351 g/mol. The Bertz CT molecular complexity index is 1130. The summed E-state index contributed by atoms with van der Waals surface area (Å²) >= 11 is 6.30. The molecule has 0 aliphatic carbocycles. The van der Waals surface area contributed by atoms with Crippen LogP contribution in [0.25, 0.3) is 21.8 Å². The minimum Gasteiger partial charge on any atom is -0.357 e. The van der Waals surface area contributed by atoms with Crippen LogP contribution in [0.2, 0.25) is 5.02 Å². The van der Waals surface area contributed by atoms with Crippen LogP contribution in [-0.2, 0) is 13.0 Å². The fraction of sp³-hybridized carbons (Fsp3) is 0.158. The molecule has 0 radical (unpaired) electrons. The highest BCUT2D eigenvalue weighted by atomic mass is 35.5. The van der Waals surface area contributed by atoms with E-state index in [0.29, 0.717) is 23.8 Å². The summed E-state index contributed by atoms with van der Waals surface area (Å²) in [6, 6.07) is 13.6. The monoisotopic (exact) mass is 350 g/mol. The third-order valence-electron chi connectivity index (χ3n) is 4.92. The van der Waals surface area contributed by atoms with Crippen LogP contribution < -0.4 is 0 Å². The van der Waals surface area contributed by atoms with Crippen LogP contribution in [0.3, 0.4) is 0 Å². The zero-order valence-electron chi connectivity index (χ0n) is 13.3. The van der Waals surface area contributed by atoms with Crippen molar-refractivity contribution in [2.45, 2.75) is 13.0 Å². The van der Waals surface area contributed by atoms with Crippen molar-refractivity contribution in [1.82, 2.24) is 20.1 Å². The molecule has 0 saturated carbocycles. The van der Waals surface area contributed by atoms with Crippen molar-refractivity contribution in [2.24, 2.45) is 0 Å². The van der Waals surface area contributed by atoms with E-state index in [-0.39, 0.29) is 5.91 Å². The van der Waals surface area contributed by atoms with Gasteiger partial charge in [-0.3, -0.25) is 9.89 Å². The molecule has 4 aromatic rings. The molecule has 1 aliphatic heterocycles. The van der Waals surface area contributed by atoms with Gasteiger partial charge in [-0.2, -0.15) is 5.10 Å². The van der Waals surface area contributed by atoms with E-state index in [9.17, 15) is 4.79 Å². The normalized spacial score (nSPS) is 14.2. The molecule has 2 aromatic heterocycles. The molecule has 0 atom stereocenters. The number of halogens is 1. The molecule has 5 rings (SSSR count). The first kappa shape index (κ1) is 14.5. The highest BCUT2D eigenvalue weighted by molar-refractivity contribution is 6.35. The van der Waals surface area contributed by atoms with Crippen LogP contribution in [-0.4, -0.2) is 32.5 Å². The van der Waals surface area contributed by atoms with Gasteiger partial charge < -0.3 is 9.88 Å². The quantitative estimate of drug-likeness (QED) is 0.547. The lowest BCUT2D eigenvalue weighted by Gasteiger charge is -2.26. The van der Waals surface area contributed by atoms with Gasteiger partial charge in [-0.1, -0.05) is 41.9 Å². The summed E-state index contributed by atoms with van der Waals surface area (Å²) < 4.78 is 0. The van der Waals surface area contributed by atoms with Gasteiger partial charge in [0.05, 0.1) is 16.1 Å². The van der Waals surface area contributed by atoms with Crippen LogP contribution in [0.5, 0.6) is 0 Å². The lowest BCUT2D eigenvalue weighted by molar-refractivity contribution is 0.0731. The number of aromatic amines is 2. The second kappa shape index (κ2) is 5.36. The molecule has 1 aliphatic rings. The van der Waals surface area contributed by atoms with Gasteiger partial charge >= 0.3 is 0 Å². The van der Waals surface area contributed by atoms with E-state index in [2.05, 4.69) is 21.2 Å². The highest BCUT2D eigenvalue weighted by Gasteiger charge is 2.27. The fourth-order valence-electron chi connectivity index (χ4n) is 3.65. The standard InChI is InChI=1S/C19H15ClN4O/c20-14-6-3-5-11-13-10-24(9-8-15(13)21-17(11)14)19(25)18-12-4-1-2-7-16(12)22-23-18/h1-7,21H,8-10H2,(H,22,23). The molecule has 2 aromatic carbocycles. The van der Waals surface area contributed by atoms with Crippen LogP contribution in [0.15, 0.2) is 42.5 Å². The first-order chi connectivity index (χ1) is 12.2. The molecule has 0 bridgehead atoms. The number of H-pyrrole nitrogens is 2. The SMILES string of the molecule is O=C(c1n[nH]c2ccccc12)N1CCc2[nH]c3c(Cl)cccc3c2C1. The Hall–Kier alpha value is -2.79. The van der Waals surface area contributed by atoms with Gasteiger partial charge in [-0.25, -0.2) is 0 Å². The minimum absolute atomic E-state index is 0.0421. The average Bonchev–Trinajstić information content (AvgIpc) is 3.23. The van der Waals surface area contributed by atoms with Crippen molar-refractivity contribution in [2.75, 3.05) is 6.54 Å². The molecule has 0 spiro atoms. The molecular weight excluding hydrogens is 336 g/mol. The van der Waals surface area contributed by atoms with Crippen LogP contribution in [0.4, 0.5) is 0 Å². The topological polar surface area (TPSA) is 64.8 Å². The molecule has 1 amide bonds. The third-order valence-corrected chi connectivity index (χ3v) is 5.23. The summed E-state index contributed by atoms with van der Waals surface area (Å²) in [6.45, 7) is 1.23. The fourth-order valence-corrected chi connectivity index (χ4v) is 3.87. The number of nitrogens with one attached hydrogen (secondary N) is 2. The van der Waals surface area contributed by atoms with Crippen molar-refractivity contribution >= 4 is 39.3 Å². The van der Waals surface area contributed by atoms with Gasteiger partial charge in [0.1, 0.15) is 0 Å². The maximum absolute atomic E-state index is 13.0. The summed E-state index contributed by atoms with van der Waals surface area (Å²) in [7, 11) is 0. The zero-order chi connectivity index (χ0) is 17.0. The largest absolute Gasteiger partial charge is 0.357 e.